The van der Waals surface area contributed by atoms with Crippen LogP contribution in [0.3, 0.4) is 0 Å². The maximum Gasteiger partial charge on any atom is 0.254 e. The highest BCUT2D eigenvalue weighted by atomic mass is 16.5. The van der Waals surface area contributed by atoms with Crippen molar-refractivity contribution in [2.24, 2.45) is 0 Å². The van der Waals surface area contributed by atoms with Crippen LogP contribution >= 0.6 is 0 Å². The van der Waals surface area contributed by atoms with Crippen LogP contribution < -0.4 is 10.1 Å². The minimum absolute atomic E-state index is 0.000000588. The molecule has 0 aliphatic rings. The summed E-state index contributed by atoms with van der Waals surface area (Å²) in [6.07, 6.45) is 0.288. The standard InChI is InChI=1S/C26H28N2O3/c1-2-28(20-22-9-5-3-6-10-22)26(30)23-15-13-21(14-16-23)19-27-25(29)17-18-31-24-11-7-4-8-12-24/h3-16H,2,17-20H2,1H3,(H,27,29). The average molecular weight is 417 g/mol. The molecule has 3 rings (SSSR count). The number of hydrogen-bond acceptors (Lipinski definition) is 3. The molecule has 5 heteroatoms. The monoisotopic (exact) mass is 416 g/mol. The summed E-state index contributed by atoms with van der Waals surface area (Å²) >= 11 is 0. The summed E-state index contributed by atoms with van der Waals surface area (Å²) < 4.78 is 5.54. The summed E-state index contributed by atoms with van der Waals surface area (Å²) in [6.45, 7) is 3.94. The van der Waals surface area contributed by atoms with Gasteiger partial charge in [-0.2, -0.15) is 0 Å². The number of amides is 2. The van der Waals surface area contributed by atoms with E-state index in [0.717, 1.165) is 16.9 Å². The van der Waals surface area contributed by atoms with Crippen LogP contribution in [0.4, 0.5) is 0 Å². The van der Waals surface area contributed by atoms with Crippen molar-refractivity contribution in [3.63, 3.8) is 0 Å². The van der Waals surface area contributed by atoms with Crippen LogP contribution in [-0.2, 0) is 17.9 Å². The predicted octanol–water partition coefficient (Wildman–Crippen LogP) is 4.43. The molecule has 2 amide bonds. The van der Waals surface area contributed by atoms with Gasteiger partial charge in [-0.3, -0.25) is 9.59 Å². The Morgan fingerprint density at radius 3 is 2.13 bits per heavy atom. The van der Waals surface area contributed by atoms with Gasteiger partial charge in [-0.1, -0.05) is 60.7 Å². The molecule has 3 aromatic carbocycles. The third kappa shape index (κ3) is 7.00. The molecule has 3 aromatic rings. The van der Waals surface area contributed by atoms with Gasteiger partial charge < -0.3 is 15.0 Å². The van der Waals surface area contributed by atoms with Gasteiger partial charge in [0.25, 0.3) is 5.91 Å². The van der Waals surface area contributed by atoms with Crippen molar-refractivity contribution >= 4 is 11.8 Å². The molecule has 1 N–H and O–H groups in total. The number of hydrogen-bond donors (Lipinski definition) is 1. The summed E-state index contributed by atoms with van der Waals surface area (Å²) in [5, 5.41) is 2.89. The first-order valence-electron chi connectivity index (χ1n) is 10.5. The van der Waals surface area contributed by atoms with Gasteiger partial charge in [0.2, 0.25) is 5.91 Å². The van der Waals surface area contributed by atoms with Gasteiger partial charge in [-0.25, -0.2) is 0 Å². The first-order chi connectivity index (χ1) is 15.2. The Morgan fingerprint density at radius 2 is 1.48 bits per heavy atom. The van der Waals surface area contributed by atoms with E-state index in [1.54, 1.807) is 0 Å². The molecule has 0 aliphatic heterocycles. The molecule has 0 unspecified atom stereocenters. The highest BCUT2D eigenvalue weighted by molar-refractivity contribution is 5.94. The molecular formula is C26H28N2O3. The first-order valence-corrected chi connectivity index (χ1v) is 10.5. The quantitative estimate of drug-likeness (QED) is 0.532. The zero-order chi connectivity index (χ0) is 21.9. The van der Waals surface area contributed by atoms with Crippen LogP contribution in [0, 0.1) is 0 Å². The number of benzene rings is 3. The van der Waals surface area contributed by atoms with Crippen molar-refractivity contribution in [2.75, 3.05) is 13.2 Å². The Balaban J connectivity index is 1.45. The largest absolute Gasteiger partial charge is 0.493 e. The maximum absolute atomic E-state index is 12.8. The van der Waals surface area contributed by atoms with Crippen molar-refractivity contribution < 1.29 is 14.3 Å². The lowest BCUT2D eigenvalue weighted by atomic mass is 10.1. The van der Waals surface area contributed by atoms with E-state index >= 15 is 0 Å². The lowest BCUT2D eigenvalue weighted by Crippen LogP contribution is -2.30. The molecule has 0 fully saturated rings. The Bertz CT molecular complexity index is 957. The molecule has 0 aliphatic carbocycles. The normalized spacial score (nSPS) is 10.4. The van der Waals surface area contributed by atoms with Crippen LogP contribution in [0.5, 0.6) is 5.75 Å². The van der Waals surface area contributed by atoms with E-state index in [2.05, 4.69) is 5.32 Å². The smallest absolute Gasteiger partial charge is 0.254 e. The number of nitrogens with one attached hydrogen (secondary N) is 1. The molecule has 0 bridgehead atoms. The molecule has 0 aromatic heterocycles. The van der Waals surface area contributed by atoms with Crippen molar-refractivity contribution in [2.45, 2.75) is 26.4 Å². The van der Waals surface area contributed by atoms with E-state index in [1.807, 2.05) is 96.8 Å². The van der Waals surface area contributed by atoms with E-state index in [0.29, 0.717) is 31.8 Å². The van der Waals surface area contributed by atoms with Crippen LogP contribution in [0.25, 0.3) is 0 Å². The van der Waals surface area contributed by atoms with Gasteiger partial charge in [-0.15, -0.1) is 0 Å². The Labute approximate surface area is 183 Å². The van der Waals surface area contributed by atoms with E-state index < -0.39 is 0 Å². The minimum atomic E-state index is -0.0731. The summed E-state index contributed by atoms with van der Waals surface area (Å²) in [4.78, 5) is 26.7. The maximum atomic E-state index is 12.8. The zero-order valence-corrected chi connectivity index (χ0v) is 17.8. The van der Waals surface area contributed by atoms with Gasteiger partial charge in [0.1, 0.15) is 5.75 Å². The Hall–Kier alpha value is -3.60. The van der Waals surface area contributed by atoms with Gasteiger partial charge >= 0.3 is 0 Å². The van der Waals surface area contributed by atoms with Crippen LogP contribution in [0.2, 0.25) is 0 Å². The number of nitrogens with zero attached hydrogens (tertiary/aromatic N) is 1. The van der Waals surface area contributed by atoms with E-state index in [4.69, 9.17) is 4.74 Å². The number of ether oxygens (including phenoxy) is 1. The van der Waals surface area contributed by atoms with Crippen LogP contribution in [-0.4, -0.2) is 29.9 Å². The summed E-state index contributed by atoms with van der Waals surface area (Å²) in [5.74, 6) is 0.681. The van der Waals surface area contributed by atoms with Crippen molar-refractivity contribution in [1.82, 2.24) is 10.2 Å². The molecule has 0 spiro atoms. The Kier molecular flexibility index (Phi) is 8.23. The number of para-hydroxylation sites is 1. The highest BCUT2D eigenvalue weighted by Crippen LogP contribution is 2.12. The van der Waals surface area contributed by atoms with Gasteiger partial charge in [-0.05, 0) is 42.3 Å². The zero-order valence-electron chi connectivity index (χ0n) is 17.8. The third-order valence-electron chi connectivity index (χ3n) is 4.92. The Morgan fingerprint density at radius 1 is 0.839 bits per heavy atom. The highest BCUT2D eigenvalue weighted by Gasteiger charge is 2.14. The van der Waals surface area contributed by atoms with E-state index in [9.17, 15) is 9.59 Å². The van der Waals surface area contributed by atoms with Gasteiger partial charge in [0.05, 0.1) is 13.0 Å². The molecule has 0 saturated heterocycles. The second-order valence-electron chi connectivity index (χ2n) is 7.19. The average Bonchev–Trinajstić information content (AvgIpc) is 2.82. The van der Waals surface area contributed by atoms with Crippen molar-refractivity contribution in [3.05, 3.63) is 102 Å². The third-order valence-corrected chi connectivity index (χ3v) is 4.92. The van der Waals surface area contributed by atoms with Crippen molar-refractivity contribution in [1.29, 1.82) is 0 Å². The predicted molar refractivity (Wildman–Crippen MR) is 122 cm³/mol. The fourth-order valence-corrected chi connectivity index (χ4v) is 3.15. The molecule has 160 valence electrons. The fourth-order valence-electron chi connectivity index (χ4n) is 3.15. The SMILES string of the molecule is CCN(Cc1ccccc1)C(=O)c1ccc(CNC(=O)CCOc2ccccc2)cc1. The summed E-state index contributed by atoms with van der Waals surface area (Å²) in [7, 11) is 0. The number of carbonyl (C=O) groups excluding carboxylic acids is 2. The van der Waals surface area contributed by atoms with E-state index in [1.165, 1.54) is 0 Å². The molecule has 0 saturated carbocycles. The lowest BCUT2D eigenvalue weighted by molar-refractivity contribution is -0.121. The summed E-state index contributed by atoms with van der Waals surface area (Å²) in [6, 6.07) is 26.8. The summed E-state index contributed by atoms with van der Waals surface area (Å²) in [5.41, 5.74) is 2.69. The molecule has 5 nitrogen and oxygen atoms in total. The lowest BCUT2D eigenvalue weighted by Gasteiger charge is -2.21. The first kappa shape index (κ1) is 22.1. The van der Waals surface area contributed by atoms with Crippen LogP contribution in [0.1, 0.15) is 34.8 Å². The number of rotatable bonds is 10. The van der Waals surface area contributed by atoms with Gasteiger partial charge in [0.15, 0.2) is 0 Å². The van der Waals surface area contributed by atoms with E-state index in [-0.39, 0.29) is 18.2 Å². The van der Waals surface area contributed by atoms with Crippen LogP contribution in [0.15, 0.2) is 84.9 Å². The molecule has 31 heavy (non-hydrogen) atoms. The minimum Gasteiger partial charge on any atom is -0.493 e. The van der Waals surface area contributed by atoms with Gasteiger partial charge in [0, 0.05) is 25.2 Å². The molecule has 0 heterocycles. The molecular weight excluding hydrogens is 388 g/mol. The molecule has 0 atom stereocenters. The second kappa shape index (κ2) is 11.6. The topological polar surface area (TPSA) is 58.6 Å². The molecule has 0 radical (unpaired) electrons. The van der Waals surface area contributed by atoms with Crippen molar-refractivity contribution in [3.8, 4) is 5.75 Å². The fraction of sp³-hybridized carbons (Fsp3) is 0.231. The second-order valence-corrected chi connectivity index (χ2v) is 7.19. The number of carbonyl (C=O) groups is 2.